The predicted molar refractivity (Wildman–Crippen MR) is 65.7 cm³/mol. The lowest BCUT2D eigenvalue weighted by Crippen LogP contribution is -2.20. The molecule has 0 radical (unpaired) electrons. The molecule has 1 aliphatic heterocycles. The number of ether oxygens (including phenoxy) is 1. The summed E-state index contributed by atoms with van der Waals surface area (Å²) in [6, 6.07) is 6.80. The number of hydrogen-bond acceptors (Lipinski definition) is 2. The molecule has 1 aliphatic rings. The highest BCUT2D eigenvalue weighted by Gasteiger charge is 2.30. The Morgan fingerprint density at radius 2 is 1.65 bits per heavy atom. The molecule has 0 aromatic heterocycles. The van der Waals surface area contributed by atoms with E-state index >= 15 is 0 Å². The van der Waals surface area contributed by atoms with Crippen molar-refractivity contribution in [3.05, 3.63) is 65.0 Å². The van der Waals surface area contributed by atoms with E-state index in [9.17, 15) is 18.3 Å². The van der Waals surface area contributed by atoms with Crippen LogP contribution in [0.15, 0.2) is 36.4 Å². The summed E-state index contributed by atoms with van der Waals surface area (Å²) in [5.41, 5.74) is 0.457. The Hall–Kier alpha value is -2.01. The lowest BCUT2D eigenvalue weighted by Gasteiger charge is -2.30. The molecule has 0 amide bonds. The zero-order valence-electron chi connectivity index (χ0n) is 10.3. The van der Waals surface area contributed by atoms with E-state index in [4.69, 9.17) is 4.74 Å². The smallest absolute Gasteiger partial charge is 0.130 e. The molecule has 0 bridgehead atoms. The molecule has 20 heavy (non-hydrogen) atoms. The molecule has 3 rings (SSSR count). The third-order valence-corrected chi connectivity index (χ3v) is 3.35. The minimum Gasteiger partial charge on any atom is -0.485 e. The van der Waals surface area contributed by atoms with E-state index < -0.39 is 29.7 Å². The molecule has 0 saturated carbocycles. The third-order valence-electron chi connectivity index (χ3n) is 3.35. The summed E-state index contributed by atoms with van der Waals surface area (Å²) in [7, 11) is 0. The van der Waals surface area contributed by atoms with Gasteiger partial charge in [0.15, 0.2) is 0 Å². The van der Waals surface area contributed by atoms with Crippen LogP contribution in [-0.2, 0) is 0 Å². The SMILES string of the molecule is OC1CC(c2cc(F)ccc2F)Oc2cc(F)ccc21. The van der Waals surface area contributed by atoms with Gasteiger partial charge in [-0.2, -0.15) is 0 Å². The Bertz CT molecular complexity index is 658. The molecule has 1 N–H and O–H groups in total. The first-order valence-corrected chi connectivity index (χ1v) is 6.13. The summed E-state index contributed by atoms with van der Waals surface area (Å²) in [6.07, 6.45) is -1.68. The van der Waals surface area contributed by atoms with E-state index in [2.05, 4.69) is 0 Å². The number of hydrogen-bond donors (Lipinski definition) is 1. The molecule has 2 nitrogen and oxygen atoms in total. The normalized spacial score (nSPS) is 21.2. The summed E-state index contributed by atoms with van der Waals surface area (Å²) >= 11 is 0. The minimum atomic E-state index is -0.910. The van der Waals surface area contributed by atoms with E-state index in [-0.39, 0.29) is 17.7 Å². The number of aliphatic hydroxyl groups excluding tert-OH is 1. The number of aliphatic hydroxyl groups is 1. The second-order valence-corrected chi connectivity index (χ2v) is 4.71. The molecule has 5 heteroatoms. The first kappa shape index (κ1) is 13.0. The molecule has 104 valence electrons. The van der Waals surface area contributed by atoms with Crippen molar-refractivity contribution in [2.75, 3.05) is 0 Å². The fourth-order valence-electron chi connectivity index (χ4n) is 2.37. The van der Waals surface area contributed by atoms with Crippen LogP contribution in [0.4, 0.5) is 13.2 Å². The highest BCUT2D eigenvalue weighted by Crippen LogP contribution is 2.41. The highest BCUT2D eigenvalue weighted by atomic mass is 19.1. The predicted octanol–water partition coefficient (Wildman–Crippen LogP) is 3.66. The van der Waals surface area contributed by atoms with Crippen molar-refractivity contribution in [1.29, 1.82) is 0 Å². The number of rotatable bonds is 1. The molecule has 0 saturated heterocycles. The number of fused-ring (bicyclic) bond motifs is 1. The molecule has 2 atom stereocenters. The van der Waals surface area contributed by atoms with Crippen LogP contribution in [0, 0.1) is 17.5 Å². The van der Waals surface area contributed by atoms with Gasteiger partial charge in [-0.1, -0.05) is 0 Å². The Morgan fingerprint density at radius 3 is 2.45 bits per heavy atom. The quantitative estimate of drug-likeness (QED) is 0.863. The van der Waals surface area contributed by atoms with Gasteiger partial charge in [0.25, 0.3) is 0 Å². The first-order valence-electron chi connectivity index (χ1n) is 6.13. The number of halogens is 3. The van der Waals surface area contributed by atoms with E-state index in [1.165, 1.54) is 12.1 Å². The van der Waals surface area contributed by atoms with Gasteiger partial charge in [0.1, 0.15) is 29.3 Å². The fraction of sp³-hybridized carbons (Fsp3) is 0.200. The van der Waals surface area contributed by atoms with Gasteiger partial charge in [-0.3, -0.25) is 0 Å². The van der Waals surface area contributed by atoms with Crippen LogP contribution in [0.1, 0.15) is 29.8 Å². The average Bonchev–Trinajstić information content (AvgIpc) is 2.41. The van der Waals surface area contributed by atoms with Crippen LogP contribution in [0.25, 0.3) is 0 Å². The van der Waals surface area contributed by atoms with Gasteiger partial charge in [0.05, 0.1) is 6.10 Å². The van der Waals surface area contributed by atoms with Gasteiger partial charge in [0, 0.05) is 23.6 Å². The maximum absolute atomic E-state index is 13.7. The Labute approximate surface area is 113 Å². The monoisotopic (exact) mass is 280 g/mol. The van der Waals surface area contributed by atoms with E-state index in [0.29, 0.717) is 5.56 Å². The van der Waals surface area contributed by atoms with Crippen LogP contribution in [0.3, 0.4) is 0 Å². The van der Waals surface area contributed by atoms with Crippen LogP contribution in [0.5, 0.6) is 5.75 Å². The summed E-state index contributed by atoms with van der Waals surface area (Å²) in [5.74, 6) is -1.58. The minimum absolute atomic E-state index is 0.0129. The van der Waals surface area contributed by atoms with Crippen molar-refractivity contribution in [3.8, 4) is 5.75 Å². The molecule has 0 aliphatic carbocycles. The van der Waals surface area contributed by atoms with Gasteiger partial charge in [-0.25, -0.2) is 13.2 Å². The highest BCUT2D eigenvalue weighted by molar-refractivity contribution is 5.39. The first-order chi connectivity index (χ1) is 9.54. The molecule has 0 spiro atoms. The summed E-state index contributed by atoms with van der Waals surface area (Å²) in [5, 5.41) is 10.0. The van der Waals surface area contributed by atoms with Crippen molar-refractivity contribution < 1.29 is 23.0 Å². The molecule has 0 fully saturated rings. The second-order valence-electron chi connectivity index (χ2n) is 4.71. The van der Waals surface area contributed by atoms with E-state index in [1.807, 2.05) is 0 Å². The maximum atomic E-state index is 13.7. The van der Waals surface area contributed by atoms with Crippen molar-refractivity contribution in [1.82, 2.24) is 0 Å². The molecule has 2 aromatic carbocycles. The lowest BCUT2D eigenvalue weighted by atomic mass is 9.94. The summed E-state index contributed by atoms with van der Waals surface area (Å²) in [4.78, 5) is 0. The molecule has 2 unspecified atom stereocenters. The van der Waals surface area contributed by atoms with Gasteiger partial charge < -0.3 is 9.84 Å². The maximum Gasteiger partial charge on any atom is 0.130 e. The molecular formula is C15H11F3O2. The van der Waals surface area contributed by atoms with Gasteiger partial charge in [0.2, 0.25) is 0 Å². The molecule has 2 aromatic rings. The van der Waals surface area contributed by atoms with Crippen LogP contribution in [-0.4, -0.2) is 5.11 Å². The third kappa shape index (κ3) is 2.25. The Balaban J connectivity index is 2.00. The Kier molecular flexibility index (Phi) is 3.14. The van der Waals surface area contributed by atoms with Crippen LogP contribution < -0.4 is 4.74 Å². The standard InChI is InChI=1S/C15H11F3O2/c16-8-2-4-12(18)11(5-8)15-7-13(19)10-3-1-9(17)6-14(10)20-15/h1-6,13,15,19H,7H2. The fourth-order valence-corrected chi connectivity index (χ4v) is 2.37. The van der Waals surface area contributed by atoms with Crippen molar-refractivity contribution in [3.63, 3.8) is 0 Å². The average molecular weight is 280 g/mol. The zero-order valence-corrected chi connectivity index (χ0v) is 10.3. The molecular weight excluding hydrogens is 269 g/mol. The van der Waals surface area contributed by atoms with Gasteiger partial charge in [-0.15, -0.1) is 0 Å². The van der Waals surface area contributed by atoms with Crippen LogP contribution in [0.2, 0.25) is 0 Å². The molecule has 1 heterocycles. The van der Waals surface area contributed by atoms with Crippen LogP contribution >= 0.6 is 0 Å². The van der Waals surface area contributed by atoms with Crippen molar-refractivity contribution in [2.45, 2.75) is 18.6 Å². The van der Waals surface area contributed by atoms with Crippen molar-refractivity contribution in [2.24, 2.45) is 0 Å². The number of benzene rings is 2. The topological polar surface area (TPSA) is 29.5 Å². The lowest BCUT2D eigenvalue weighted by molar-refractivity contribution is 0.0635. The van der Waals surface area contributed by atoms with Crippen molar-refractivity contribution >= 4 is 0 Å². The summed E-state index contributed by atoms with van der Waals surface area (Å²) in [6.45, 7) is 0. The Morgan fingerprint density at radius 1 is 0.950 bits per heavy atom. The van der Waals surface area contributed by atoms with E-state index in [1.54, 1.807) is 0 Å². The van der Waals surface area contributed by atoms with E-state index in [0.717, 1.165) is 24.3 Å². The zero-order chi connectivity index (χ0) is 14.3. The second kappa shape index (κ2) is 4.83. The van der Waals surface area contributed by atoms with Gasteiger partial charge in [-0.05, 0) is 30.3 Å². The van der Waals surface area contributed by atoms with Gasteiger partial charge >= 0.3 is 0 Å². The largest absolute Gasteiger partial charge is 0.485 e. The summed E-state index contributed by atoms with van der Waals surface area (Å²) < 4.78 is 45.6.